The fraction of sp³-hybridized carbons (Fsp3) is 0.318. The van der Waals surface area contributed by atoms with Crippen molar-refractivity contribution in [2.45, 2.75) is 32.6 Å². The van der Waals surface area contributed by atoms with Crippen LogP contribution >= 0.6 is 0 Å². The van der Waals surface area contributed by atoms with Crippen LogP contribution in [0.3, 0.4) is 0 Å². The fourth-order valence-electron chi connectivity index (χ4n) is 4.84. The van der Waals surface area contributed by atoms with E-state index in [1.54, 1.807) is 12.1 Å². The summed E-state index contributed by atoms with van der Waals surface area (Å²) in [6.45, 7) is 4.04. The second-order valence-corrected chi connectivity index (χ2v) is 8.61. The zero-order chi connectivity index (χ0) is 20.5. The van der Waals surface area contributed by atoms with Gasteiger partial charge in [0.1, 0.15) is 16.5 Å². The van der Waals surface area contributed by atoms with Crippen molar-refractivity contribution in [3.63, 3.8) is 0 Å². The highest BCUT2D eigenvalue weighted by Crippen LogP contribution is 2.52. The van der Waals surface area contributed by atoms with Gasteiger partial charge in [0, 0.05) is 28.8 Å². The predicted molar refractivity (Wildman–Crippen MR) is 105 cm³/mol. The van der Waals surface area contributed by atoms with Crippen molar-refractivity contribution in [3.05, 3.63) is 69.0 Å². The molecule has 1 unspecified atom stereocenters. The van der Waals surface area contributed by atoms with E-state index in [2.05, 4.69) is 0 Å². The van der Waals surface area contributed by atoms with E-state index in [1.807, 2.05) is 26.0 Å². The Morgan fingerprint density at radius 3 is 2.48 bits per heavy atom. The second-order valence-electron chi connectivity index (χ2n) is 8.61. The lowest BCUT2D eigenvalue weighted by Gasteiger charge is -2.39. The van der Waals surface area contributed by atoms with E-state index in [0.717, 1.165) is 11.3 Å². The number of rotatable bonds is 2. The van der Waals surface area contributed by atoms with Crippen LogP contribution in [0.5, 0.6) is 0 Å². The maximum absolute atomic E-state index is 13.2. The SMILES string of the molecule is CC1(C)CC(=O)C2C(=NC3=C(C(=O)c4ccccc43)[C@H]2c2ccc([N+](=O)[O-])o2)C1. The number of carbonyl (C=O) groups excluding carboxylic acids is 2. The van der Waals surface area contributed by atoms with Gasteiger partial charge in [0.2, 0.25) is 0 Å². The van der Waals surface area contributed by atoms with E-state index >= 15 is 0 Å². The first kappa shape index (κ1) is 17.7. The average Bonchev–Trinajstić information content (AvgIpc) is 3.24. The number of fused-ring (bicyclic) bond motifs is 3. The Hall–Kier alpha value is -3.35. The van der Waals surface area contributed by atoms with Crippen molar-refractivity contribution in [2.75, 3.05) is 0 Å². The fourth-order valence-corrected chi connectivity index (χ4v) is 4.84. The molecule has 146 valence electrons. The molecule has 0 radical (unpaired) electrons. The number of benzene rings is 1. The highest BCUT2D eigenvalue weighted by Gasteiger charge is 2.51. The van der Waals surface area contributed by atoms with Crippen LogP contribution < -0.4 is 0 Å². The number of Topliss-reactive ketones (excluding diaryl/α,β-unsaturated/α-hetero) is 2. The summed E-state index contributed by atoms with van der Waals surface area (Å²) in [4.78, 5) is 41.7. The summed E-state index contributed by atoms with van der Waals surface area (Å²) in [5, 5.41) is 11.1. The third kappa shape index (κ3) is 2.53. The van der Waals surface area contributed by atoms with Crippen molar-refractivity contribution in [2.24, 2.45) is 16.3 Å². The minimum absolute atomic E-state index is 0.0145. The lowest BCUT2D eigenvalue weighted by Crippen LogP contribution is -2.43. The Labute approximate surface area is 166 Å². The molecular formula is C22H18N2O5. The van der Waals surface area contributed by atoms with Crippen LogP contribution in [0.4, 0.5) is 5.88 Å². The predicted octanol–water partition coefficient (Wildman–Crippen LogP) is 4.34. The molecule has 1 aromatic carbocycles. The van der Waals surface area contributed by atoms with Crippen molar-refractivity contribution in [1.29, 1.82) is 0 Å². The molecule has 2 aliphatic carbocycles. The maximum Gasteiger partial charge on any atom is 0.433 e. The summed E-state index contributed by atoms with van der Waals surface area (Å²) >= 11 is 0. The molecule has 0 spiro atoms. The van der Waals surface area contributed by atoms with Gasteiger partial charge in [0.05, 0.1) is 23.6 Å². The number of allylic oxidation sites excluding steroid dienone is 1. The van der Waals surface area contributed by atoms with Gasteiger partial charge in [-0.3, -0.25) is 24.7 Å². The van der Waals surface area contributed by atoms with Gasteiger partial charge in [0.25, 0.3) is 0 Å². The lowest BCUT2D eigenvalue weighted by atomic mass is 9.64. The number of carbonyl (C=O) groups is 2. The molecule has 1 aromatic heterocycles. The quantitative estimate of drug-likeness (QED) is 0.560. The first-order chi connectivity index (χ1) is 13.8. The number of hydrogen-bond acceptors (Lipinski definition) is 6. The van der Waals surface area contributed by atoms with Crippen molar-refractivity contribution >= 4 is 28.9 Å². The number of nitro groups is 1. The van der Waals surface area contributed by atoms with E-state index in [1.165, 1.54) is 12.1 Å². The van der Waals surface area contributed by atoms with Gasteiger partial charge >= 0.3 is 5.88 Å². The monoisotopic (exact) mass is 390 g/mol. The van der Waals surface area contributed by atoms with Crippen LogP contribution in [0.15, 0.2) is 51.4 Å². The summed E-state index contributed by atoms with van der Waals surface area (Å²) in [6.07, 6.45) is 0.982. The van der Waals surface area contributed by atoms with E-state index in [-0.39, 0.29) is 22.7 Å². The number of hydrogen-bond donors (Lipinski definition) is 0. The van der Waals surface area contributed by atoms with Crippen LogP contribution in [-0.2, 0) is 4.79 Å². The molecule has 1 fully saturated rings. The normalized spacial score (nSPS) is 24.7. The van der Waals surface area contributed by atoms with Gasteiger partial charge in [-0.25, -0.2) is 0 Å². The standard InChI is InChI=1S/C22H18N2O5/c1-22(2)9-13-17(14(25)10-22)18(15-7-8-16(29-15)24(27)28)19-20(23-13)11-5-3-4-6-12(11)21(19)26/h3-8,17-18H,9-10H2,1-2H3/t17?,18-/m0/s1. The molecule has 29 heavy (non-hydrogen) atoms. The Kier molecular flexibility index (Phi) is 3.56. The number of aliphatic imine (C=N–C) groups is 1. The van der Waals surface area contributed by atoms with E-state index in [4.69, 9.17) is 9.41 Å². The molecule has 5 rings (SSSR count). The molecule has 2 heterocycles. The topological polar surface area (TPSA) is 103 Å². The highest BCUT2D eigenvalue weighted by molar-refractivity contribution is 6.25. The van der Waals surface area contributed by atoms with Gasteiger partial charge in [-0.1, -0.05) is 38.1 Å². The van der Waals surface area contributed by atoms with Crippen molar-refractivity contribution in [3.8, 4) is 0 Å². The molecular weight excluding hydrogens is 372 g/mol. The zero-order valence-electron chi connectivity index (χ0n) is 16.0. The molecule has 1 saturated carbocycles. The third-order valence-corrected chi connectivity index (χ3v) is 5.94. The number of furan rings is 1. The molecule has 0 amide bonds. The Morgan fingerprint density at radius 1 is 1.07 bits per heavy atom. The third-order valence-electron chi connectivity index (χ3n) is 5.94. The van der Waals surface area contributed by atoms with E-state index in [0.29, 0.717) is 29.7 Å². The molecule has 3 aliphatic rings. The summed E-state index contributed by atoms with van der Waals surface area (Å²) in [7, 11) is 0. The summed E-state index contributed by atoms with van der Waals surface area (Å²) < 4.78 is 5.50. The van der Waals surface area contributed by atoms with Gasteiger partial charge in [-0.2, -0.15) is 0 Å². The first-order valence-corrected chi connectivity index (χ1v) is 9.49. The second kappa shape index (κ2) is 5.83. The van der Waals surface area contributed by atoms with Gasteiger partial charge < -0.3 is 4.42 Å². The molecule has 0 N–H and O–H groups in total. The molecule has 2 atom stereocenters. The van der Waals surface area contributed by atoms with Crippen LogP contribution in [0.2, 0.25) is 0 Å². The van der Waals surface area contributed by atoms with Crippen LogP contribution in [0.1, 0.15) is 54.3 Å². The molecule has 7 heteroatoms. The van der Waals surface area contributed by atoms with E-state index in [9.17, 15) is 19.7 Å². The summed E-state index contributed by atoms with van der Waals surface area (Å²) in [5.41, 5.74) is 2.73. The summed E-state index contributed by atoms with van der Waals surface area (Å²) in [6, 6.07) is 9.99. The Bertz CT molecular complexity index is 1170. The van der Waals surface area contributed by atoms with Crippen molar-refractivity contribution in [1.82, 2.24) is 0 Å². The first-order valence-electron chi connectivity index (χ1n) is 9.49. The molecule has 7 nitrogen and oxygen atoms in total. The maximum atomic E-state index is 13.2. The molecule has 0 bridgehead atoms. The molecule has 1 aliphatic heterocycles. The lowest BCUT2D eigenvalue weighted by molar-refractivity contribution is -0.402. The zero-order valence-corrected chi connectivity index (χ0v) is 16.0. The summed E-state index contributed by atoms with van der Waals surface area (Å²) in [5.74, 6) is -1.69. The van der Waals surface area contributed by atoms with Crippen LogP contribution in [0.25, 0.3) is 5.70 Å². The Morgan fingerprint density at radius 2 is 1.79 bits per heavy atom. The van der Waals surface area contributed by atoms with Gasteiger partial charge in [-0.15, -0.1) is 0 Å². The Balaban J connectivity index is 1.74. The highest BCUT2D eigenvalue weighted by atomic mass is 16.6. The smallest absolute Gasteiger partial charge is 0.405 e. The molecule has 0 saturated heterocycles. The van der Waals surface area contributed by atoms with Gasteiger partial charge in [0.15, 0.2) is 5.78 Å². The minimum Gasteiger partial charge on any atom is -0.405 e. The van der Waals surface area contributed by atoms with Gasteiger partial charge in [-0.05, 0) is 17.9 Å². The van der Waals surface area contributed by atoms with Crippen molar-refractivity contribution < 1.29 is 18.9 Å². The van der Waals surface area contributed by atoms with Crippen LogP contribution in [0, 0.1) is 21.4 Å². The molecule has 2 aromatic rings. The number of nitrogens with zero attached hydrogens (tertiary/aromatic N) is 2. The average molecular weight is 390 g/mol. The van der Waals surface area contributed by atoms with Crippen LogP contribution in [-0.4, -0.2) is 22.2 Å². The largest absolute Gasteiger partial charge is 0.433 e. The van der Waals surface area contributed by atoms with E-state index < -0.39 is 22.6 Å². The minimum atomic E-state index is -0.699. The number of ketones is 2.